The van der Waals surface area contributed by atoms with Crippen LogP contribution in [0.3, 0.4) is 0 Å². The van der Waals surface area contributed by atoms with E-state index in [9.17, 15) is 13.2 Å². The summed E-state index contributed by atoms with van der Waals surface area (Å²) in [5.74, 6) is 0. The molecule has 0 rings (SSSR count). The number of hydrogen-bond donors (Lipinski definition) is 0. The fourth-order valence-electron chi connectivity index (χ4n) is 0.0357. The van der Waals surface area contributed by atoms with Gasteiger partial charge in [0.15, 0.2) is 0 Å². The molecule has 0 saturated heterocycles. The Kier molecular flexibility index (Phi) is 2.78. The van der Waals surface area contributed by atoms with Gasteiger partial charge in [0.2, 0.25) is 0 Å². The Balaban J connectivity index is 3.15. The molecule has 0 fully saturated rings. The van der Waals surface area contributed by atoms with Gasteiger partial charge in [-0.15, -0.1) is 13.2 Å². The zero-order chi connectivity index (χ0) is 5.91. The molecule has 0 saturated carbocycles. The van der Waals surface area contributed by atoms with E-state index < -0.39 is 6.36 Å². The molecule has 6 heteroatoms. The van der Waals surface area contributed by atoms with Crippen LogP contribution < -0.4 is 0 Å². The van der Waals surface area contributed by atoms with Gasteiger partial charge in [-0.05, 0) is 10.7 Å². The summed E-state index contributed by atoms with van der Waals surface area (Å²) in [5.41, 5.74) is 0. The van der Waals surface area contributed by atoms with Gasteiger partial charge in [-0.2, -0.15) is 0 Å². The first kappa shape index (κ1) is 7.39. The Bertz CT molecular complexity index is 53.4. The second-order valence-corrected chi connectivity index (χ2v) is 1.26. The van der Waals surface area contributed by atoms with Crippen LogP contribution >= 0.6 is 21.9 Å². The van der Waals surface area contributed by atoms with Crippen molar-refractivity contribution in [2.75, 3.05) is 0 Å². The first-order valence-corrected chi connectivity index (χ1v) is 2.66. The molecule has 0 spiro atoms. The van der Waals surface area contributed by atoms with Crippen LogP contribution in [0.4, 0.5) is 13.2 Å². The minimum absolute atomic E-state index is 0.244. The molecule has 0 unspecified atom stereocenters. The molecule has 0 amide bonds. The Labute approximate surface area is 46.5 Å². The van der Waals surface area contributed by atoms with E-state index >= 15 is 0 Å². The van der Waals surface area contributed by atoms with Gasteiger partial charge in [0.25, 0.3) is 0 Å². The topological polar surface area (TPSA) is 9.23 Å². The molecule has 0 aliphatic carbocycles. The number of halogens is 4. The summed E-state index contributed by atoms with van der Waals surface area (Å²) >= 11 is -0.244. The zero-order valence-electron chi connectivity index (χ0n) is 2.83. The summed E-state index contributed by atoms with van der Waals surface area (Å²) in [6.45, 7) is 0. The van der Waals surface area contributed by atoms with Crippen molar-refractivity contribution in [1.82, 2.24) is 0 Å². The number of alkyl halides is 3. The lowest BCUT2D eigenvalue weighted by Crippen LogP contribution is -2.06. The molecule has 0 aliphatic rings. The molecular weight excluding hydrogens is 153 g/mol. The Morgan fingerprint density at radius 2 is 1.86 bits per heavy atom. The molecule has 0 bridgehead atoms. The van der Waals surface area contributed by atoms with E-state index in [-0.39, 0.29) is 11.3 Å². The molecule has 0 aromatic heterocycles. The monoisotopic (exact) mass is 152 g/mol. The van der Waals surface area contributed by atoms with Gasteiger partial charge in [-0.25, -0.2) is 4.18 Å². The fourth-order valence-corrected chi connectivity index (χ4v) is 0.321. The molecule has 0 heterocycles. The first-order valence-electron chi connectivity index (χ1n) is 1.09. The summed E-state index contributed by atoms with van der Waals surface area (Å²) < 4.78 is 35.1. The van der Waals surface area contributed by atoms with E-state index in [1.165, 1.54) is 0 Å². The summed E-state index contributed by atoms with van der Waals surface area (Å²) in [6.07, 6.45) is -4.62. The van der Waals surface area contributed by atoms with Crippen molar-refractivity contribution in [3.63, 3.8) is 0 Å². The molecule has 1 nitrogen and oxygen atoms in total. The third kappa shape index (κ3) is 6.39. The maximum atomic E-state index is 10.7. The zero-order valence-corrected chi connectivity index (χ0v) is 4.40. The van der Waals surface area contributed by atoms with Crippen molar-refractivity contribution in [3.8, 4) is 0 Å². The van der Waals surface area contributed by atoms with Crippen LogP contribution in [0.1, 0.15) is 0 Å². The summed E-state index contributed by atoms with van der Waals surface area (Å²) in [4.78, 5) is 0. The van der Waals surface area contributed by atoms with Gasteiger partial charge < -0.3 is 0 Å². The Morgan fingerprint density at radius 3 is 1.86 bits per heavy atom. The Morgan fingerprint density at radius 1 is 1.43 bits per heavy atom. The van der Waals surface area contributed by atoms with E-state index in [0.717, 1.165) is 0 Å². The van der Waals surface area contributed by atoms with Gasteiger partial charge in [0, 0.05) is 0 Å². The summed E-state index contributed by atoms with van der Waals surface area (Å²) in [5, 5.41) is 0. The SMILES string of the molecule is FC(F)(F)OSCl. The van der Waals surface area contributed by atoms with Crippen LogP contribution in [0.25, 0.3) is 0 Å². The fraction of sp³-hybridized carbons (Fsp3) is 1.00. The first-order chi connectivity index (χ1) is 3.06. The maximum absolute atomic E-state index is 10.7. The summed E-state index contributed by atoms with van der Waals surface area (Å²) in [6, 6.07) is 0. The second kappa shape index (κ2) is 2.64. The minimum Gasteiger partial charge on any atom is -0.204 e. The molecule has 0 aromatic rings. The van der Waals surface area contributed by atoms with Gasteiger partial charge >= 0.3 is 6.36 Å². The standard InChI is InChI=1S/CClF3OS/c2-7-6-1(3,4)5. The third-order valence-electron chi connectivity index (χ3n) is 0.126. The van der Waals surface area contributed by atoms with Crippen LogP contribution in [0.2, 0.25) is 0 Å². The van der Waals surface area contributed by atoms with Crippen LogP contribution in [0.5, 0.6) is 0 Å². The quantitative estimate of drug-likeness (QED) is 0.534. The van der Waals surface area contributed by atoms with E-state index in [4.69, 9.17) is 0 Å². The van der Waals surface area contributed by atoms with Crippen molar-refractivity contribution < 1.29 is 17.4 Å². The molecule has 44 valence electrons. The third-order valence-corrected chi connectivity index (χ3v) is 0.567. The van der Waals surface area contributed by atoms with E-state index in [1.54, 1.807) is 0 Å². The highest BCUT2D eigenvalue weighted by atomic mass is 35.7. The molecular formula is CClF3OS. The number of hydrogen-bond acceptors (Lipinski definition) is 2. The maximum Gasteiger partial charge on any atom is 0.534 e. The molecule has 0 aliphatic heterocycles. The van der Waals surface area contributed by atoms with Crippen LogP contribution in [-0.2, 0) is 4.18 Å². The van der Waals surface area contributed by atoms with Gasteiger partial charge in [0.1, 0.15) is 11.3 Å². The normalized spacial score (nSPS) is 12.0. The molecule has 0 N–H and O–H groups in total. The van der Waals surface area contributed by atoms with Crippen molar-refractivity contribution >= 4 is 21.9 Å². The summed E-state index contributed by atoms with van der Waals surface area (Å²) in [7, 11) is 4.46. The predicted octanol–water partition coefficient (Wildman–Crippen LogP) is 2.32. The highest BCUT2D eigenvalue weighted by molar-refractivity contribution is 8.17. The van der Waals surface area contributed by atoms with Gasteiger partial charge in [-0.3, -0.25) is 0 Å². The predicted molar refractivity (Wildman–Crippen MR) is 20.6 cm³/mol. The van der Waals surface area contributed by atoms with Crippen molar-refractivity contribution in [1.29, 1.82) is 0 Å². The van der Waals surface area contributed by atoms with Crippen LogP contribution in [0, 0.1) is 0 Å². The lowest BCUT2D eigenvalue weighted by molar-refractivity contribution is -0.266. The Hall–Kier alpha value is 0.390. The van der Waals surface area contributed by atoms with E-state index in [1.807, 2.05) is 0 Å². The van der Waals surface area contributed by atoms with Gasteiger partial charge in [-0.1, -0.05) is 0 Å². The van der Waals surface area contributed by atoms with Crippen molar-refractivity contribution in [2.45, 2.75) is 6.36 Å². The molecule has 0 atom stereocenters. The van der Waals surface area contributed by atoms with E-state index in [0.29, 0.717) is 0 Å². The average Bonchev–Trinajstić information content (AvgIpc) is 1.30. The highest BCUT2D eigenvalue weighted by Crippen LogP contribution is 2.24. The van der Waals surface area contributed by atoms with Crippen LogP contribution in [-0.4, -0.2) is 6.36 Å². The largest absolute Gasteiger partial charge is 0.534 e. The van der Waals surface area contributed by atoms with Gasteiger partial charge in [0.05, 0.1) is 0 Å². The minimum atomic E-state index is -4.62. The van der Waals surface area contributed by atoms with Crippen molar-refractivity contribution in [3.05, 3.63) is 0 Å². The second-order valence-electron chi connectivity index (χ2n) is 0.592. The molecule has 0 radical (unpaired) electrons. The average molecular weight is 153 g/mol. The number of rotatable bonds is 1. The lowest BCUT2D eigenvalue weighted by Gasteiger charge is -1.98. The smallest absolute Gasteiger partial charge is 0.204 e. The molecule has 7 heavy (non-hydrogen) atoms. The van der Waals surface area contributed by atoms with Crippen LogP contribution in [0.15, 0.2) is 0 Å². The van der Waals surface area contributed by atoms with E-state index in [2.05, 4.69) is 14.9 Å². The van der Waals surface area contributed by atoms with Crippen molar-refractivity contribution in [2.24, 2.45) is 0 Å². The molecule has 0 aromatic carbocycles. The highest BCUT2D eigenvalue weighted by Gasteiger charge is 2.29. The lowest BCUT2D eigenvalue weighted by atomic mass is 11.4.